The molecule has 1 aromatic heterocycles. The summed E-state index contributed by atoms with van der Waals surface area (Å²) in [6, 6.07) is 21.4. The van der Waals surface area contributed by atoms with Gasteiger partial charge in [-0.2, -0.15) is 4.57 Å². The lowest BCUT2D eigenvalue weighted by atomic mass is 9.94. The van der Waals surface area contributed by atoms with Gasteiger partial charge in [0.05, 0.1) is 12.5 Å². The van der Waals surface area contributed by atoms with Gasteiger partial charge in [-0.1, -0.05) is 24.3 Å². The van der Waals surface area contributed by atoms with Gasteiger partial charge in [0.2, 0.25) is 11.2 Å². The Morgan fingerprint density at radius 3 is 2.24 bits per heavy atom. The third kappa shape index (κ3) is 2.37. The van der Waals surface area contributed by atoms with Gasteiger partial charge in [-0.3, -0.25) is 0 Å². The second-order valence-electron chi connectivity index (χ2n) is 6.57. The maximum Gasteiger partial charge on any atom is 0.215 e. The minimum absolute atomic E-state index is 0.882. The van der Waals surface area contributed by atoms with Gasteiger partial charge < -0.3 is 4.74 Å². The van der Waals surface area contributed by atoms with E-state index in [-0.39, 0.29) is 0 Å². The molecule has 0 aliphatic heterocycles. The van der Waals surface area contributed by atoms with Crippen molar-refractivity contribution in [2.75, 3.05) is 7.11 Å². The van der Waals surface area contributed by atoms with Crippen molar-refractivity contribution in [2.45, 2.75) is 13.8 Å². The molecule has 1 heterocycles. The highest BCUT2D eigenvalue weighted by atomic mass is 16.5. The molecule has 2 nitrogen and oxygen atoms in total. The topological polar surface area (TPSA) is 13.1 Å². The predicted octanol–water partition coefficient (Wildman–Crippen LogP) is 5.11. The van der Waals surface area contributed by atoms with Crippen LogP contribution in [-0.4, -0.2) is 7.11 Å². The molecule has 0 N–H and O–H groups in total. The minimum atomic E-state index is 0.882. The van der Waals surface area contributed by atoms with Crippen LogP contribution in [0.1, 0.15) is 11.1 Å². The summed E-state index contributed by atoms with van der Waals surface area (Å²) >= 11 is 0. The van der Waals surface area contributed by atoms with E-state index in [1.54, 1.807) is 7.11 Å². The number of rotatable bonds is 2. The number of ether oxygens (including phenoxy) is 1. The van der Waals surface area contributed by atoms with Gasteiger partial charge in [0, 0.05) is 17.2 Å². The summed E-state index contributed by atoms with van der Waals surface area (Å²) in [4.78, 5) is 0. The first-order valence-electron chi connectivity index (χ1n) is 8.57. The summed E-state index contributed by atoms with van der Waals surface area (Å²) in [6.07, 6.45) is 0. The zero-order valence-corrected chi connectivity index (χ0v) is 15.1. The van der Waals surface area contributed by atoms with Crippen LogP contribution in [0.25, 0.3) is 32.9 Å². The Hall–Kier alpha value is -2.87. The lowest BCUT2D eigenvalue weighted by molar-refractivity contribution is -0.633. The number of aryl methyl sites for hydroxylation is 2. The van der Waals surface area contributed by atoms with E-state index in [1.165, 1.54) is 44.1 Å². The number of benzene rings is 3. The number of fused-ring (bicyclic) bond motifs is 3. The average Bonchev–Trinajstić information content (AvgIpc) is 2.66. The highest BCUT2D eigenvalue weighted by Crippen LogP contribution is 2.32. The molecule has 0 bridgehead atoms. The fourth-order valence-corrected chi connectivity index (χ4v) is 3.83. The van der Waals surface area contributed by atoms with Crippen LogP contribution < -0.4 is 9.30 Å². The first-order chi connectivity index (χ1) is 12.1. The molecule has 0 saturated carbocycles. The summed E-state index contributed by atoms with van der Waals surface area (Å²) < 4.78 is 7.61. The minimum Gasteiger partial charge on any atom is -0.497 e. The van der Waals surface area contributed by atoms with E-state index in [0.29, 0.717) is 0 Å². The highest BCUT2D eigenvalue weighted by Gasteiger charge is 2.22. The molecule has 0 aliphatic carbocycles. The van der Waals surface area contributed by atoms with Gasteiger partial charge in [-0.05, 0) is 60.5 Å². The molecule has 0 atom stereocenters. The van der Waals surface area contributed by atoms with E-state index < -0.39 is 0 Å². The van der Waals surface area contributed by atoms with E-state index >= 15 is 0 Å². The Labute approximate surface area is 148 Å². The van der Waals surface area contributed by atoms with E-state index in [0.717, 1.165) is 5.75 Å². The van der Waals surface area contributed by atoms with E-state index in [1.807, 2.05) is 12.1 Å². The SMILES string of the molecule is COc1ccc(-c2c(C)c(C)c3c4ccccc4ccc3[n+]2C)cc1. The van der Waals surface area contributed by atoms with Crippen molar-refractivity contribution in [1.29, 1.82) is 0 Å². The number of aromatic nitrogens is 1. The van der Waals surface area contributed by atoms with Crippen molar-refractivity contribution in [3.05, 3.63) is 71.8 Å². The maximum atomic E-state index is 5.30. The van der Waals surface area contributed by atoms with Crippen LogP contribution in [0.3, 0.4) is 0 Å². The highest BCUT2D eigenvalue weighted by molar-refractivity contribution is 6.07. The quantitative estimate of drug-likeness (QED) is 0.368. The molecule has 0 unspecified atom stereocenters. The fourth-order valence-electron chi connectivity index (χ4n) is 3.83. The average molecular weight is 328 g/mol. The third-order valence-electron chi connectivity index (χ3n) is 5.26. The zero-order chi connectivity index (χ0) is 17.6. The summed E-state index contributed by atoms with van der Waals surface area (Å²) in [5.41, 5.74) is 6.38. The standard InChI is InChI=1S/C23H22NO/c1-15-16(2)23(18-9-12-19(25-4)13-10-18)24(3)21-14-11-17-7-5-6-8-20(17)22(15)21/h5-14H,1-4H3/q+1. The van der Waals surface area contributed by atoms with Gasteiger partial charge in [0.1, 0.15) is 12.8 Å². The van der Waals surface area contributed by atoms with Crippen LogP contribution in [0.15, 0.2) is 60.7 Å². The largest absolute Gasteiger partial charge is 0.497 e. The predicted molar refractivity (Wildman–Crippen MR) is 104 cm³/mol. The maximum absolute atomic E-state index is 5.30. The number of hydrogen-bond donors (Lipinski definition) is 0. The summed E-state index contributed by atoms with van der Waals surface area (Å²) in [5, 5.41) is 3.95. The van der Waals surface area contributed by atoms with Crippen molar-refractivity contribution < 1.29 is 9.30 Å². The van der Waals surface area contributed by atoms with Crippen LogP contribution in [-0.2, 0) is 7.05 Å². The van der Waals surface area contributed by atoms with Gasteiger partial charge >= 0.3 is 0 Å². The Balaban J connectivity index is 2.08. The molecule has 0 radical (unpaired) electrons. The summed E-state index contributed by atoms with van der Waals surface area (Å²) in [5.74, 6) is 0.882. The van der Waals surface area contributed by atoms with Crippen molar-refractivity contribution in [2.24, 2.45) is 7.05 Å². The summed E-state index contributed by atoms with van der Waals surface area (Å²) in [7, 11) is 3.86. The molecule has 0 amide bonds. The molecule has 124 valence electrons. The second-order valence-corrected chi connectivity index (χ2v) is 6.57. The number of hydrogen-bond acceptors (Lipinski definition) is 1. The Kier molecular flexibility index (Phi) is 3.69. The molecule has 2 heteroatoms. The van der Waals surface area contributed by atoms with Gasteiger partial charge in [-0.25, -0.2) is 0 Å². The normalized spacial score (nSPS) is 11.2. The lowest BCUT2D eigenvalue weighted by Crippen LogP contribution is -2.33. The van der Waals surface area contributed by atoms with Crippen LogP contribution in [0.4, 0.5) is 0 Å². The molecule has 0 aliphatic rings. The van der Waals surface area contributed by atoms with Crippen molar-refractivity contribution in [1.82, 2.24) is 0 Å². The van der Waals surface area contributed by atoms with Crippen LogP contribution in [0.2, 0.25) is 0 Å². The number of methoxy groups -OCH3 is 1. The van der Waals surface area contributed by atoms with Crippen LogP contribution >= 0.6 is 0 Å². The fraction of sp³-hybridized carbons (Fsp3) is 0.174. The van der Waals surface area contributed by atoms with Crippen molar-refractivity contribution >= 4 is 21.7 Å². The van der Waals surface area contributed by atoms with E-state index in [2.05, 4.69) is 74.0 Å². The third-order valence-corrected chi connectivity index (χ3v) is 5.26. The molecule has 4 aromatic rings. The Morgan fingerprint density at radius 1 is 0.800 bits per heavy atom. The van der Waals surface area contributed by atoms with E-state index in [9.17, 15) is 0 Å². The van der Waals surface area contributed by atoms with Crippen molar-refractivity contribution in [3.63, 3.8) is 0 Å². The molecule has 25 heavy (non-hydrogen) atoms. The first kappa shape index (κ1) is 15.6. The van der Waals surface area contributed by atoms with Crippen LogP contribution in [0, 0.1) is 13.8 Å². The Morgan fingerprint density at radius 2 is 1.52 bits per heavy atom. The number of nitrogens with zero attached hydrogens (tertiary/aromatic N) is 1. The Bertz CT molecular complexity index is 1090. The second kappa shape index (κ2) is 5.89. The smallest absolute Gasteiger partial charge is 0.215 e. The molecular formula is C23H22NO+. The molecule has 0 spiro atoms. The molecule has 0 fully saturated rings. The van der Waals surface area contributed by atoms with Crippen molar-refractivity contribution in [3.8, 4) is 17.0 Å². The molecule has 3 aromatic carbocycles. The van der Waals surface area contributed by atoms with E-state index in [4.69, 9.17) is 4.74 Å². The monoisotopic (exact) mass is 328 g/mol. The first-order valence-corrected chi connectivity index (χ1v) is 8.57. The number of pyridine rings is 1. The van der Waals surface area contributed by atoms with Gasteiger partial charge in [0.25, 0.3) is 0 Å². The molecule has 4 rings (SSSR count). The zero-order valence-electron chi connectivity index (χ0n) is 15.1. The molecule has 0 saturated heterocycles. The van der Waals surface area contributed by atoms with Crippen LogP contribution in [0.5, 0.6) is 5.75 Å². The van der Waals surface area contributed by atoms with Gasteiger partial charge in [0.15, 0.2) is 0 Å². The summed E-state index contributed by atoms with van der Waals surface area (Å²) in [6.45, 7) is 4.45. The molecular weight excluding hydrogens is 306 g/mol. The van der Waals surface area contributed by atoms with Gasteiger partial charge in [-0.15, -0.1) is 0 Å². The lowest BCUT2D eigenvalue weighted by Gasteiger charge is -2.13.